The maximum absolute atomic E-state index is 13.7. The molecule has 1 saturated heterocycles. The summed E-state index contributed by atoms with van der Waals surface area (Å²) in [6, 6.07) is 17.3. The molecule has 0 spiro atoms. The molecule has 2 aromatic rings. The number of amides is 2. The molecule has 6 heteroatoms. The zero-order valence-corrected chi connectivity index (χ0v) is 22.8. The molecule has 1 saturated carbocycles. The number of rotatable bonds is 8. The molecule has 6 rings (SSSR count). The van der Waals surface area contributed by atoms with Crippen LogP contribution < -0.4 is 0 Å². The first-order valence-corrected chi connectivity index (χ1v) is 14.0. The summed E-state index contributed by atoms with van der Waals surface area (Å²) in [6.07, 6.45) is 5.19. The number of hydrogen-bond acceptors (Lipinski definition) is 3. The zero-order chi connectivity index (χ0) is 26.0. The molecule has 5 nitrogen and oxygen atoms in total. The lowest BCUT2D eigenvalue weighted by molar-refractivity contribution is -0.132. The maximum Gasteiger partial charge on any atom is 0.255 e. The minimum atomic E-state index is 0.00225. The van der Waals surface area contributed by atoms with Crippen LogP contribution in [0.15, 0.2) is 66.2 Å². The fourth-order valence-corrected chi connectivity index (χ4v) is 6.52. The Labute approximate surface area is 226 Å². The Morgan fingerprint density at radius 2 is 1.70 bits per heavy atom. The predicted octanol–water partition coefficient (Wildman–Crippen LogP) is 5.16. The highest BCUT2D eigenvalue weighted by Crippen LogP contribution is 2.59. The van der Waals surface area contributed by atoms with Crippen LogP contribution in [0, 0.1) is 17.3 Å². The third kappa shape index (κ3) is 5.63. The van der Waals surface area contributed by atoms with Crippen molar-refractivity contribution >= 4 is 23.4 Å². The predicted molar refractivity (Wildman–Crippen MR) is 149 cm³/mol. The van der Waals surface area contributed by atoms with Crippen molar-refractivity contribution in [3.05, 3.63) is 82.4 Å². The summed E-state index contributed by atoms with van der Waals surface area (Å²) < 4.78 is 0. The molecule has 2 amide bonds. The van der Waals surface area contributed by atoms with Crippen LogP contribution in [0.3, 0.4) is 0 Å². The van der Waals surface area contributed by atoms with Gasteiger partial charge < -0.3 is 9.80 Å². The van der Waals surface area contributed by atoms with Crippen LogP contribution in [-0.2, 0) is 11.2 Å². The van der Waals surface area contributed by atoms with Crippen LogP contribution >= 0.6 is 11.6 Å². The van der Waals surface area contributed by atoms with E-state index in [1.807, 2.05) is 58.3 Å². The van der Waals surface area contributed by atoms with Crippen LogP contribution in [0.25, 0.3) is 0 Å². The van der Waals surface area contributed by atoms with E-state index in [-0.39, 0.29) is 11.8 Å². The number of piperazine rings is 1. The number of fused-ring (bicyclic) bond motifs is 1. The van der Waals surface area contributed by atoms with Crippen molar-refractivity contribution in [2.24, 2.45) is 17.3 Å². The minimum absolute atomic E-state index is 0.00225. The number of benzene rings is 2. The maximum atomic E-state index is 13.7. The average molecular weight is 520 g/mol. The molecule has 0 N–H and O–H groups in total. The van der Waals surface area contributed by atoms with E-state index in [1.165, 1.54) is 12.0 Å². The summed E-state index contributed by atoms with van der Waals surface area (Å²) in [4.78, 5) is 32.8. The highest BCUT2D eigenvalue weighted by atomic mass is 35.5. The quantitative estimate of drug-likeness (QED) is 0.452. The van der Waals surface area contributed by atoms with E-state index < -0.39 is 0 Å². The SMILES string of the molecule is CC1(C)C2CC=C(CN(CCN3CCN(C(=O)Cc4ccccc4)CC3)C(=O)c3ccccc3Cl)C1C2. The second-order valence-electron chi connectivity index (χ2n) is 11.4. The Bertz CT molecular complexity index is 1150. The average Bonchev–Trinajstić information content (AvgIpc) is 2.91. The molecule has 2 bridgehead atoms. The Morgan fingerprint density at radius 3 is 2.38 bits per heavy atom. The van der Waals surface area contributed by atoms with Gasteiger partial charge in [-0.1, -0.05) is 79.6 Å². The molecule has 1 heterocycles. The molecule has 2 aromatic carbocycles. The van der Waals surface area contributed by atoms with Gasteiger partial charge in [0, 0.05) is 45.8 Å². The van der Waals surface area contributed by atoms with Crippen LogP contribution in [0.4, 0.5) is 0 Å². The first-order valence-electron chi connectivity index (χ1n) is 13.6. The van der Waals surface area contributed by atoms with E-state index in [9.17, 15) is 9.59 Å². The van der Waals surface area contributed by atoms with Crippen molar-refractivity contribution in [2.75, 3.05) is 45.8 Å². The molecular formula is C31H38ClN3O2. The summed E-state index contributed by atoms with van der Waals surface area (Å²) in [7, 11) is 0. The Hall–Kier alpha value is -2.63. The molecule has 2 fully saturated rings. The fourth-order valence-electron chi connectivity index (χ4n) is 6.30. The van der Waals surface area contributed by atoms with Gasteiger partial charge in [-0.15, -0.1) is 0 Å². The summed E-state index contributed by atoms with van der Waals surface area (Å²) in [5.74, 6) is 1.52. The van der Waals surface area contributed by atoms with Gasteiger partial charge in [0.15, 0.2) is 0 Å². The van der Waals surface area contributed by atoms with Gasteiger partial charge in [0.05, 0.1) is 17.0 Å². The monoisotopic (exact) mass is 519 g/mol. The molecule has 0 radical (unpaired) electrons. The number of carbonyl (C=O) groups is 2. The highest BCUT2D eigenvalue weighted by Gasteiger charge is 2.51. The van der Waals surface area contributed by atoms with Crippen LogP contribution in [0.1, 0.15) is 42.6 Å². The molecule has 3 aliphatic carbocycles. The van der Waals surface area contributed by atoms with Gasteiger partial charge in [0.2, 0.25) is 5.91 Å². The minimum Gasteiger partial charge on any atom is -0.340 e. The highest BCUT2D eigenvalue weighted by molar-refractivity contribution is 6.33. The van der Waals surface area contributed by atoms with E-state index in [1.54, 1.807) is 6.07 Å². The molecule has 196 valence electrons. The third-order valence-electron chi connectivity index (χ3n) is 8.96. The van der Waals surface area contributed by atoms with Crippen molar-refractivity contribution in [1.29, 1.82) is 0 Å². The normalized spacial score (nSPS) is 22.7. The van der Waals surface area contributed by atoms with Gasteiger partial charge in [-0.05, 0) is 47.8 Å². The number of nitrogens with zero attached hydrogens (tertiary/aromatic N) is 3. The van der Waals surface area contributed by atoms with Crippen molar-refractivity contribution in [2.45, 2.75) is 33.1 Å². The van der Waals surface area contributed by atoms with E-state index in [4.69, 9.17) is 11.6 Å². The van der Waals surface area contributed by atoms with Gasteiger partial charge in [0.25, 0.3) is 5.91 Å². The largest absolute Gasteiger partial charge is 0.340 e. The molecule has 2 atom stereocenters. The van der Waals surface area contributed by atoms with Gasteiger partial charge in [-0.25, -0.2) is 0 Å². The second-order valence-corrected chi connectivity index (χ2v) is 11.8. The number of carbonyl (C=O) groups excluding carboxylic acids is 2. The summed E-state index contributed by atoms with van der Waals surface area (Å²) >= 11 is 6.43. The van der Waals surface area contributed by atoms with Crippen molar-refractivity contribution < 1.29 is 9.59 Å². The van der Waals surface area contributed by atoms with Gasteiger partial charge in [-0.2, -0.15) is 0 Å². The number of halogens is 1. The van der Waals surface area contributed by atoms with E-state index >= 15 is 0 Å². The van der Waals surface area contributed by atoms with Crippen LogP contribution in [-0.4, -0.2) is 72.3 Å². The fraction of sp³-hybridized carbons (Fsp3) is 0.484. The van der Waals surface area contributed by atoms with Crippen LogP contribution in [0.5, 0.6) is 0 Å². The summed E-state index contributed by atoms with van der Waals surface area (Å²) in [6.45, 7) is 9.97. The molecular weight excluding hydrogens is 482 g/mol. The van der Waals surface area contributed by atoms with Crippen LogP contribution in [0.2, 0.25) is 5.02 Å². The third-order valence-corrected chi connectivity index (χ3v) is 9.29. The first kappa shape index (κ1) is 26.0. The lowest BCUT2D eigenvalue weighted by Crippen LogP contribution is -2.52. The molecule has 0 aromatic heterocycles. The van der Waals surface area contributed by atoms with Crippen molar-refractivity contribution in [3.8, 4) is 0 Å². The summed E-state index contributed by atoms with van der Waals surface area (Å²) in [5.41, 5.74) is 3.36. The standard InChI is InChI=1S/C31H38ClN3O2/c1-31(2)25-13-12-24(27(31)21-25)22-35(30(37)26-10-6-7-11-28(26)32)19-16-33-14-17-34(18-15-33)29(36)20-23-8-4-3-5-9-23/h3-12,25,27H,13-22H2,1-2H3. The molecule has 37 heavy (non-hydrogen) atoms. The van der Waals surface area contributed by atoms with Gasteiger partial charge in [0.1, 0.15) is 0 Å². The Balaban J connectivity index is 1.20. The topological polar surface area (TPSA) is 43.9 Å². The first-order chi connectivity index (χ1) is 17.8. The lowest BCUT2D eigenvalue weighted by Gasteiger charge is -2.57. The van der Waals surface area contributed by atoms with E-state index in [0.717, 1.165) is 50.6 Å². The van der Waals surface area contributed by atoms with Gasteiger partial charge in [-0.3, -0.25) is 14.5 Å². The smallest absolute Gasteiger partial charge is 0.255 e. The second kappa shape index (κ2) is 11.0. The summed E-state index contributed by atoms with van der Waals surface area (Å²) in [5, 5.41) is 0.504. The number of hydrogen-bond donors (Lipinski definition) is 0. The molecule has 4 aliphatic rings. The molecule has 2 unspecified atom stereocenters. The van der Waals surface area contributed by atoms with E-state index in [2.05, 4.69) is 24.8 Å². The zero-order valence-electron chi connectivity index (χ0n) is 22.0. The number of allylic oxidation sites excluding steroid dienone is 1. The Morgan fingerprint density at radius 1 is 1.00 bits per heavy atom. The van der Waals surface area contributed by atoms with E-state index in [0.29, 0.717) is 41.4 Å². The lowest BCUT2D eigenvalue weighted by atomic mass is 9.49. The Kier molecular flexibility index (Phi) is 7.73. The van der Waals surface area contributed by atoms with Crippen molar-refractivity contribution in [1.82, 2.24) is 14.7 Å². The molecule has 1 aliphatic heterocycles. The van der Waals surface area contributed by atoms with Crippen molar-refractivity contribution in [3.63, 3.8) is 0 Å². The van der Waals surface area contributed by atoms with Gasteiger partial charge >= 0.3 is 0 Å².